The van der Waals surface area contributed by atoms with E-state index in [1.165, 1.54) is 37.7 Å². The van der Waals surface area contributed by atoms with E-state index < -0.39 is 0 Å². The summed E-state index contributed by atoms with van der Waals surface area (Å²) in [6, 6.07) is 6.91. The molecule has 18 heavy (non-hydrogen) atoms. The van der Waals surface area contributed by atoms with Gasteiger partial charge in [-0.05, 0) is 60.6 Å². The van der Waals surface area contributed by atoms with Crippen LogP contribution in [0.3, 0.4) is 0 Å². The zero-order valence-corrected chi connectivity index (χ0v) is 12.2. The minimum Gasteiger partial charge on any atom is -0.147 e. The minimum absolute atomic E-state index is 0. The summed E-state index contributed by atoms with van der Waals surface area (Å²) in [6.45, 7) is 4.62. The van der Waals surface area contributed by atoms with Crippen LogP contribution >= 0.6 is 12.4 Å². The highest BCUT2D eigenvalue weighted by atomic mass is 35.5. The molecule has 98 valence electrons. The molecule has 2 aliphatic rings. The molecule has 0 unspecified atom stereocenters. The van der Waals surface area contributed by atoms with Crippen molar-refractivity contribution in [3.8, 4) is 0 Å². The van der Waals surface area contributed by atoms with Gasteiger partial charge in [-0.2, -0.15) is 0 Å². The number of fused-ring (bicyclic) bond motifs is 3. The van der Waals surface area contributed by atoms with Gasteiger partial charge < -0.3 is 0 Å². The predicted molar refractivity (Wildman–Crippen MR) is 81.4 cm³/mol. The van der Waals surface area contributed by atoms with Crippen molar-refractivity contribution in [1.82, 2.24) is 0 Å². The molecule has 0 aliphatic heterocycles. The van der Waals surface area contributed by atoms with Gasteiger partial charge in [0.1, 0.15) is 0 Å². The molecule has 0 N–H and O–H groups in total. The van der Waals surface area contributed by atoms with Crippen molar-refractivity contribution in [2.45, 2.75) is 51.9 Å². The van der Waals surface area contributed by atoms with Crippen molar-refractivity contribution < 1.29 is 0 Å². The first-order chi connectivity index (χ1) is 8.24. The SMILES string of the molecule is C/C=C\c1cccc2c1CC[C@]1(C)CCC[C@@H]21.Cl. The van der Waals surface area contributed by atoms with Crippen LogP contribution in [0.2, 0.25) is 0 Å². The summed E-state index contributed by atoms with van der Waals surface area (Å²) < 4.78 is 0. The molecule has 2 atom stereocenters. The first-order valence-electron chi connectivity index (χ1n) is 6.99. The summed E-state index contributed by atoms with van der Waals surface area (Å²) in [6.07, 6.45) is 11.4. The van der Waals surface area contributed by atoms with E-state index in [0.29, 0.717) is 5.41 Å². The van der Waals surface area contributed by atoms with Gasteiger partial charge in [-0.1, -0.05) is 43.7 Å². The molecule has 3 rings (SSSR count). The van der Waals surface area contributed by atoms with Crippen molar-refractivity contribution in [1.29, 1.82) is 0 Å². The van der Waals surface area contributed by atoms with Crippen LogP contribution in [-0.2, 0) is 6.42 Å². The highest BCUT2D eigenvalue weighted by Crippen LogP contribution is 2.55. The second-order valence-corrected chi connectivity index (χ2v) is 6.01. The molecule has 0 bridgehead atoms. The number of benzene rings is 1. The molecule has 1 heteroatoms. The van der Waals surface area contributed by atoms with Crippen LogP contribution in [-0.4, -0.2) is 0 Å². The third kappa shape index (κ3) is 2.01. The normalized spacial score (nSPS) is 29.8. The van der Waals surface area contributed by atoms with Gasteiger partial charge in [-0.25, -0.2) is 0 Å². The standard InChI is InChI=1S/C17H22.ClH/c1-3-6-13-7-4-8-15-14(13)10-12-17(2)11-5-9-16(15)17;/h3-4,6-8,16H,5,9-12H2,1-2H3;1H/b6-3-;/t16-,17-;/m0./s1. The molecule has 1 saturated carbocycles. The Bertz CT molecular complexity index is 461. The van der Waals surface area contributed by atoms with Crippen LogP contribution in [0, 0.1) is 5.41 Å². The van der Waals surface area contributed by atoms with E-state index in [1.807, 2.05) is 0 Å². The summed E-state index contributed by atoms with van der Waals surface area (Å²) in [5, 5.41) is 0. The van der Waals surface area contributed by atoms with Crippen molar-refractivity contribution in [2.75, 3.05) is 0 Å². The maximum Gasteiger partial charge on any atom is -0.0105 e. The summed E-state index contributed by atoms with van der Waals surface area (Å²) in [5.74, 6) is 0.830. The molecule has 1 aromatic carbocycles. The molecule has 0 heterocycles. The van der Waals surface area contributed by atoms with E-state index >= 15 is 0 Å². The first-order valence-corrected chi connectivity index (χ1v) is 6.99. The Hall–Kier alpha value is -0.750. The molecule has 0 saturated heterocycles. The number of hydrogen-bond donors (Lipinski definition) is 0. The zero-order valence-electron chi connectivity index (χ0n) is 11.4. The Kier molecular flexibility index (Phi) is 3.87. The fraction of sp³-hybridized carbons (Fsp3) is 0.529. The second kappa shape index (κ2) is 5.09. The van der Waals surface area contributed by atoms with E-state index in [-0.39, 0.29) is 12.4 Å². The molecule has 0 aromatic heterocycles. The lowest BCUT2D eigenvalue weighted by Gasteiger charge is -2.38. The number of allylic oxidation sites excluding steroid dienone is 1. The van der Waals surface area contributed by atoms with Gasteiger partial charge in [-0.3, -0.25) is 0 Å². The van der Waals surface area contributed by atoms with Gasteiger partial charge in [0.15, 0.2) is 0 Å². The Labute approximate surface area is 117 Å². The van der Waals surface area contributed by atoms with Gasteiger partial charge in [0.2, 0.25) is 0 Å². The lowest BCUT2D eigenvalue weighted by Crippen LogP contribution is -2.26. The summed E-state index contributed by atoms with van der Waals surface area (Å²) in [4.78, 5) is 0. The lowest BCUT2D eigenvalue weighted by molar-refractivity contribution is 0.252. The average molecular weight is 263 g/mol. The highest BCUT2D eigenvalue weighted by Gasteiger charge is 2.42. The molecular formula is C17H23Cl. The van der Waals surface area contributed by atoms with Crippen molar-refractivity contribution in [3.63, 3.8) is 0 Å². The van der Waals surface area contributed by atoms with E-state index in [1.54, 1.807) is 11.1 Å². The van der Waals surface area contributed by atoms with E-state index in [4.69, 9.17) is 0 Å². The molecule has 0 nitrogen and oxygen atoms in total. The number of halogens is 1. The maximum atomic E-state index is 2.51. The van der Waals surface area contributed by atoms with Crippen molar-refractivity contribution >= 4 is 18.5 Å². The third-order valence-corrected chi connectivity index (χ3v) is 5.00. The Morgan fingerprint density at radius 1 is 1.28 bits per heavy atom. The van der Waals surface area contributed by atoms with Crippen LogP contribution in [0.25, 0.3) is 6.08 Å². The van der Waals surface area contributed by atoms with Crippen molar-refractivity contribution in [3.05, 3.63) is 41.0 Å². The molecule has 1 fully saturated rings. The lowest BCUT2D eigenvalue weighted by atomic mass is 9.66. The minimum atomic E-state index is 0. The maximum absolute atomic E-state index is 2.51. The van der Waals surface area contributed by atoms with Crippen LogP contribution in [0.1, 0.15) is 62.1 Å². The number of rotatable bonds is 1. The van der Waals surface area contributed by atoms with Gasteiger partial charge in [0.25, 0.3) is 0 Å². The molecule has 2 aliphatic carbocycles. The van der Waals surface area contributed by atoms with Crippen molar-refractivity contribution in [2.24, 2.45) is 5.41 Å². The third-order valence-electron chi connectivity index (χ3n) is 5.00. The number of hydrogen-bond acceptors (Lipinski definition) is 0. The fourth-order valence-corrected chi connectivity index (χ4v) is 4.05. The topological polar surface area (TPSA) is 0 Å². The van der Waals surface area contributed by atoms with Gasteiger partial charge in [-0.15, -0.1) is 12.4 Å². The average Bonchev–Trinajstić information content (AvgIpc) is 2.72. The summed E-state index contributed by atoms with van der Waals surface area (Å²) in [7, 11) is 0. The molecule has 0 radical (unpaired) electrons. The second-order valence-electron chi connectivity index (χ2n) is 6.01. The Balaban J connectivity index is 0.00000120. The quantitative estimate of drug-likeness (QED) is 0.639. The summed E-state index contributed by atoms with van der Waals surface area (Å²) in [5.41, 5.74) is 5.35. The first kappa shape index (κ1) is 13.7. The Morgan fingerprint density at radius 2 is 2.11 bits per heavy atom. The largest absolute Gasteiger partial charge is 0.147 e. The van der Waals surface area contributed by atoms with E-state index in [2.05, 4.69) is 44.2 Å². The van der Waals surface area contributed by atoms with Crippen LogP contribution < -0.4 is 0 Å². The van der Waals surface area contributed by atoms with Crippen LogP contribution in [0.5, 0.6) is 0 Å². The van der Waals surface area contributed by atoms with Gasteiger partial charge in [0, 0.05) is 0 Å². The van der Waals surface area contributed by atoms with E-state index in [9.17, 15) is 0 Å². The predicted octanol–water partition coefficient (Wildman–Crippen LogP) is 5.36. The molecule has 1 aromatic rings. The Morgan fingerprint density at radius 3 is 2.89 bits per heavy atom. The highest BCUT2D eigenvalue weighted by molar-refractivity contribution is 5.85. The molecular weight excluding hydrogens is 240 g/mol. The van der Waals surface area contributed by atoms with Gasteiger partial charge >= 0.3 is 0 Å². The van der Waals surface area contributed by atoms with E-state index in [0.717, 1.165) is 5.92 Å². The van der Waals surface area contributed by atoms with Crippen LogP contribution in [0.4, 0.5) is 0 Å². The van der Waals surface area contributed by atoms with Gasteiger partial charge in [0.05, 0.1) is 0 Å². The zero-order chi connectivity index (χ0) is 11.9. The summed E-state index contributed by atoms with van der Waals surface area (Å²) >= 11 is 0. The van der Waals surface area contributed by atoms with Crippen LogP contribution in [0.15, 0.2) is 24.3 Å². The fourth-order valence-electron chi connectivity index (χ4n) is 4.05. The smallest absolute Gasteiger partial charge is 0.0105 e. The molecule has 0 amide bonds. The monoisotopic (exact) mass is 262 g/mol. The molecule has 0 spiro atoms.